The van der Waals surface area contributed by atoms with Crippen LogP contribution in [0.2, 0.25) is 0 Å². The zero-order valence-electron chi connectivity index (χ0n) is 14.1. The normalized spacial score (nSPS) is 29.2. The number of likely N-dealkylation sites (tertiary alicyclic amines) is 1. The van der Waals surface area contributed by atoms with Gasteiger partial charge in [0.05, 0.1) is 12.6 Å². The summed E-state index contributed by atoms with van der Waals surface area (Å²) in [6, 6.07) is 9.13. The smallest absolute Gasteiger partial charge is 0.243 e. The molecule has 2 saturated heterocycles. The molecule has 0 aliphatic carbocycles. The van der Waals surface area contributed by atoms with Gasteiger partial charge in [-0.3, -0.25) is 9.59 Å². The van der Waals surface area contributed by atoms with Crippen molar-refractivity contribution < 1.29 is 19.1 Å². The van der Waals surface area contributed by atoms with E-state index in [1.807, 2.05) is 44.2 Å². The van der Waals surface area contributed by atoms with Crippen molar-refractivity contribution in [1.29, 1.82) is 0 Å². The molecule has 0 unspecified atom stereocenters. The molecule has 6 nitrogen and oxygen atoms in total. The zero-order valence-corrected chi connectivity index (χ0v) is 14.1. The first-order chi connectivity index (χ1) is 11.5. The van der Waals surface area contributed by atoms with Crippen LogP contribution in [0.25, 0.3) is 0 Å². The molecule has 0 bridgehead atoms. The van der Waals surface area contributed by atoms with Crippen LogP contribution in [0.15, 0.2) is 30.3 Å². The monoisotopic (exact) mass is 332 g/mol. The molecule has 1 aromatic carbocycles. The molecular formula is C18H24N2O4. The van der Waals surface area contributed by atoms with E-state index in [2.05, 4.69) is 5.32 Å². The summed E-state index contributed by atoms with van der Waals surface area (Å²) < 4.78 is 11.8. The third kappa shape index (κ3) is 3.60. The van der Waals surface area contributed by atoms with Gasteiger partial charge in [0.1, 0.15) is 12.1 Å². The van der Waals surface area contributed by atoms with Crippen LogP contribution >= 0.6 is 0 Å². The van der Waals surface area contributed by atoms with E-state index in [-0.39, 0.29) is 18.1 Å². The van der Waals surface area contributed by atoms with Crippen LogP contribution in [0.4, 0.5) is 0 Å². The standard InChI is InChI=1S/C18H24N2O4/c1-18(2)23-11-14(16(24-18)13-7-4-3-5-8-13)19-17(22)15-9-6-10-20(15)12-21/h3-5,7-8,12,14-16H,6,9-11H2,1-2H3,(H,19,22)/t14-,15-,16+/m1/s1. The van der Waals surface area contributed by atoms with E-state index in [0.717, 1.165) is 18.4 Å². The molecule has 24 heavy (non-hydrogen) atoms. The Morgan fingerprint density at radius 2 is 2.08 bits per heavy atom. The SMILES string of the molecule is CC1(C)OC[C@@H](NC(=O)[C@H]2CCCN2C=O)[C@H](c2ccccc2)O1. The third-order valence-corrected chi connectivity index (χ3v) is 4.57. The van der Waals surface area contributed by atoms with Crippen molar-refractivity contribution in [2.24, 2.45) is 0 Å². The maximum absolute atomic E-state index is 12.6. The first-order valence-electron chi connectivity index (χ1n) is 8.38. The Kier molecular flexibility index (Phi) is 4.87. The number of nitrogens with zero attached hydrogens (tertiary/aromatic N) is 1. The molecule has 130 valence electrons. The van der Waals surface area contributed by atoms with Crippen LogP contribution in [0.1, 0.15) is 38.4 Å². The Morgan fingerprint density at radius 3 is 2.79 bits per heavy atom. The molecule has 2 amide bonds. The van der Waals surface area contributed by atoms with Gasteiger partial charge in [-0.15, -0.1) is 0 Å². The first kappa shape index (κ1) is 16.9. The van der Waals surface area contributed by atoms with Gasteiger partial charge in [-0.2, -0.15) is 0 Å². The minimum atomic E-state index is -0.704. The minimum absolute atomic E-state index is 0.141. The average molecular weight is 332 g/mol. The molecule has 2 fully saturated rings. The van der Waals surface area contributed by atoms with Crippen molar-refractivity contribution in [2.45, 2.75) is 50.7 Å². The fourth-order valence-electron chi connectivity index (χ4n) is 3.34. The Balaban J connectivity index is 1.75. The molecule has 6 heteroatoms. The minimum Gasteiger partial charge on any atom is -0.348 e. The van der Waals surface area contributed by atoms with E-state index < -0.39 is 11.8 Å². The van der Waals surface area contributed by atoms with Crippen molar-refractivity contribution in [2.75, 3.05) is 13.2 Å². The predicted octanol–water partition coefficient (Wildman–Crippen LogP) is 1.62. The summed E-state index contributed by atoms with van der Waals surface area (Å²) in [5.74, 6) is -0.846. The van der Waals surface area contributed by atoms with E-state index in [9.17, 15) is 9.59 Å². The molecule has 1 aromatic rings. The van der Waals surface area contributed by atoms with E-state index >= 15 is 0 Å². The fourth-order valence-corrected chi connectivity index (χ4v) is 3.34. The Morgan fingerprint density at radius 1 is 1.33 bits per heavy atom. The molecule has 2 aliphatic rings. The van der Waals surface area contributed by atoms with Crippen LogP contribution in [-0.2, 0) is 19.1 Å². The van der Waals surface area contributed by atoms with Gasteiger partial charge < -0.3 is 19.7 Å². The highest BCUT2D eigenvalue weighted by Gasteiger charge is 2.40. The van der Waals surface area contributed by atoms with E-state index in [1.54, 1.807) is 4.90 Å². The van der Waals surface area contributed by atoms with Gasteiger partial charge in [0.25, 0.3) is 0 Å². The number of carbonyl (C=O) groups is 2. The lowest BCUT2D eigenvalue weighted by Crippen LogP contribution is -2.55. The molecule has 3 atom stereocenters. The van der Waals surface area contributed by atoms with Gasteiger partial charge in [-0.1, -0.05) is 30.3 Å². The summed E-state index contributed by atoms with van der Waals surface area (Å²) in [4.78, 5) is 25.2. The highest BCUT2D eigenvalue weighted by molar-refractivity contribution is 5.84. The number of amides is 2. The number of ether oxygens (including phenoxy) is 2. The van der Waals surface area contributed by atoms with Crippen LogP contribution in [0.3, 0.4) is 0 Å². The fraction of sp³-hybridized carbons (Fsp3) is 0.556. The molecule has 3 rings (SSSR count). The van der Waals surface area contributed by atoms with Gasteiger partial charge in [-0.25, -0.2) is 0 Å². The molecule has 2 heterocycles. The van der Waals surface area contributed by atoms with Crippen molar-refractivity contribution >= 4 is 12.3 Å². The maximum Gasteiger partial charge on any atom is 0.243 e. The third-order valence-electron chi connectivity index (χ3n) is 4.57. The Bertz CT molecular complexity index is 590. The molecule has 0 spiro atoms. The molecule has 0 radical (unpaired) electrons. The van der Waals surface area contributed by atoms with Gasteiger partial charge in [0.15, 0.2) is 5.79 Å². The molecule has 0 saturated carbocycles. The van der Waals surface area contributed by atoms with Crippen molar-refractivity contribution in [3.8, 4) is 0 Å². The van der Waals surface area contributed by atoms with Gasteiger partial charge >= 0.3 is 0 Å². The average Bonchev–Trinajstić information content (AvgIpc) is 3.06. The Labute approximate surface area is 142 Å². The van der Waals surface area contributed by atoms with Gasteiger partial charge in [0.2, 0.25) is 12.3 Å². The first-order valence-corrected chi connectivity index (χ1v) is 8.38. The molecule has 0 aromatic heterocycles. The van der Waals surface area contributed by atoms with Gasteiger partial charge in [0, 0.05) is 6.54 Å². The summed E-state index contributed by atoms with van der Waals surface area (Å²) in [7, 11) is 0. The van der Waals surface area contributed by atoms with E-state index in [4.69, 9.17) is 9.47 Å². The zero-order chi connectivity index (χ0) is 17.2. The number of hydrogen-bond donors (Lipinski definition) is 1. The summed E-state index contributed by atoms with van der Waals surface area (Å²) in [5.41, 5.74) is 0.998. The van der Waals surface area contributed by atoms with Crippen LogP contribution < -0.4 is 5.32 Å². The van der Waals surface area contributed by atoms with Crippen LogP contribution in [0, 0.1) is 0 Å². The van der Waals surface area contributed by atoms with Crippen molar-refractivity contribution in [1.82, 2.24) is 10.2 Å². The summed E-state index contributed by atoms with van der Waals surface area (Å²) in [5, 5.41) is 3.02. The summed E-state index contributed by atoms with van der Waals surface area (Å²) in [6.07, 6.45) is 2.01. The number of hydrogen-bond acceptors (Lipinski definition) is 4. The molecular weight excluding hydrogens is 308 g/mol. The highest BCUT2D eigenvalue weighted by Crippen LogP contribution is 2.33. The number of rotatable bonds is 4. The van der Waals surface area contributed by atoms with Crippen LogP contribution in [-0.4, -0.2) is 48.2 Å². The predicted molar refractivity (Wildman–Crippen MR) is 88.0 cm³/mol. The van der Waals surface area contributed by atoms with Crippen LogP contribution in [0.5, 0.6) is 0 Å². The Hall–Kier alpha value is -1.92. The maximum atomic E-state index is 12.6. The largest absolute Gasteiger partial charge is 0.348 e. The van der Waals surface area contributed by atoms with E-state index in [1.165, 1.54) is 0 Å². The number of benzene rings is 1. The van der Waals surface area contributed by atoms with Crippen molar-refractivity contribution in [3.63, 3.8) is 0 Å². The highest BCUT2D eigenvalue weighted by atomic mass is 16.7. The lowest BCUT2D eigenvalue weighted by atomic mass is 10.00. The number of nitrogens with one attached hydrogen (secondary N) is 1. The summed E-state index contributed by atoms with van der Waals surface area (Å²) >= 11 is 0. The second-order valence-corrected chi connectivity index (χ2v) is 6.78. The summed E-state index contributed by atoms with van der Waals surface area (Å²) in [6.45, 7) is 4.73. The second-order valence-electron chi connectivity index (χ2n) is 6.78. The molecule has 2 aliphatic heterocycles. The quantitative estimate of drug-likeness (QED) is 0.851. The number of carbonyl (C=O) groups excluding carboxylic acids is 2. The van der Waals surface area contributed by atoms with E-state index in [0.29, 0.717) is 19.6 Å². The molecule has 1 N–H and O–H groups in total. The lowest BCUT2D eigenvalue weighted by molar-refractivity contribution is -0.284. The topological polar surface area (TPSA) is 67.9 Å². The lowest BCUT2D eigenvalue weighted by Gasteiger charge is -2.42. The van der Waals surface area contributed by atoms with Gasteiger partial charge in [-0.05, 0) is 32.3 Å². The second kappa shape index (κ2) is 6.91. The van der Waals surface area contributed by atoms with Crippen molar-refractivity contribution in [3.05, 3.63) is 35.9 Å².